The summed E-state index contributed by atoms with van der Waals surface area (Å²) in [6.07, 6.45) is 2.21. The van der Waals surface area contributed by atoms with Crippen LogP contribution in [0.3, 0.4) is 0 Å². The molecule has 0 unspecified atom stereocenters. The summed E-state index contributed by atoms with van der Waals surface area (Å²) in [6, 6.07) is 7.37. The van der Waals surface area contributed by atoms with Gasteiger partial charge in [-0.05, 0) is 18.6 Å². The van der Waals surface area contributed by atoms with E-state index in [2.05, 4.69) is 20.0 Å². The summed E-state index contributed by atoms with van der Waals surface area (Å²) in [5.74, 6) is 0.861. The fraction of sp³-hybridized carbons (Fsp3) is 0.214. The molecule has 6 nitrogen and oxygen atoms in total. The third kappa shape index (κ3) is 2.16. The highest BCUT2D eigenvalue weighted by Gasteiger charge is 2.27. The molecule has 1 amide bonds. The highest BCUT2D eigenvalue weighted by atomic mass is 16.5. The molecule has 0 aliphatic carbocycles. The van der Waals surface area contributed by atoms with E-state index >= 15 is 0 Å². The SMILES string of the molecule is CCCOc1ccccc1C1=NC(=O)C2=NC=NC2=N1. The van der Waals surface area contributed by atoms with Crippen molar-refractivity contribution in [3.8, 4) is 5.75 Å². The lowest BCUT2D eigenvalue weighted by Crippen LogP contribution is -2.26. The van der Waals surface area contributed by atoms with Crippen LogP contribution in [-0.4, -0.2) is 36.2 Å². The van der Waals surface area contributed by atoms with Crippen LogP contribution < -0.4 is 4.74 Å². The van der Waals surface area contributed by atoms with E-state index in [1.165, 1.54) is 6.34 Å². The Kier molecular flexibility index (Phi) is 3.20. The minimum atomic E-state index is -0.423. The summed E-state index contributed by atoms with van der Waals surface area (Å²) in [4.78, 5) is 27.9. The first-order valence-electron chi connectivity index (χ1n) is 6.34. The van der Waals surface area contributed by atoms with Crippen molar-refractivity contribution in [2.75, 3.05) is 6.61 Å². The second-order valence-corrected chi connectivity index (χ2v) is 4.24. The van der Waals surface area contributed by atoms with Gasteiger partial charge in [0.05, 0.1) is 12.2 Å². The van der Waals surface area contributed by atoms with Crippen LogP contribution in [0.25, 0.3) is 0 Å². The van der Waals surface area contributed by atoms with Gasteiger partial charge in [-0.15, -0.1) is 0 Å². The molecule has 0 radical (unpaired) electrons. The first-order chi connectivity index (χ1) is 9.79. The Hall–Kier alpha value is -2.63. The van der Waals surface area contributed by atoms with Gasteiger partial charge < -0.3 is 4.74 Å². The third-order valence-electron chi connectivity index (χ3n) is 2.79. The van der Waals surface area contributed by atoms with Crippen molar-refractivity contribution >= 4 is 29.6 Å². The Morgan fingerprint density at radius 1 is 1.15 bits per heavy atom. The highest BCUT2D eigenvalue weighted by molar-refractivity contribution is 6.71. The van der Waals surface area contributed by atoms with Crippen LogP contribution in [0.2, 0.25) is 0 Å². The van der Waals surface area contributed by atoms with E-state index in [4.69, 9.17) is 4.74 Å². The Morgan fingerprint density at radius 2 is 2.00 bits per heavy atom. The molecule has 20 heavy (non-hydrogen) atoms. The lowest BCUT2D eigenvalue weighted by molar-refractivity contribution is -0.111. The number of benzene rings is 1. The molecule has 0 bridgehead atoms. The first-order valence-corrected chi connectivity index (χ1v) is 6.34. The largest absolute Gasteiger partial charge is 0.493 e. The highest BCUT2D eigenvalue weighted by Crippen LogP contribution is 2.21. The molecule has 3 rings (SSSR count). The van der Waals surface area contributed by atoms with E-state index in [9.17, 15) is 4.79 Å². The van der Waals surface area contributed by atoms with Gasteiger partial charge in [-0.2, -0.15) is 4.99 Å². The van der Waals surface area contributed by atoms with Crippen LogP contribution in [0.1, 0.15) is 18.9 Å². The molecule has 0 N–H and O–H groups in total. The predicted octanol–water partition coefficient (Wildman–Crippen LogP) is 1.64. The topological polar surface area (TPSA) is 75.7 Å². The summed E-state index contributed by atoms with van der Waals surface area (Å²) in [6.45, 7) is 2.63. The van der Waals surface area contributed by atoms with Crippen LogP contribution >= 0.6 is 0 Å². The minimum absolute atomic E-state index is 0.195. The molecular formula is C14H12N4O2. The van der Waals surface area contributed by atoms with E-state index in [0.717, 1.165) is 6.42 Å². The molecule has 0 spiro atoms. The maximum atomic E-state index is 11.9. The maximum absolute atomic E-state index is 11.9. The van der Waals surface area contributed by atoms with Crippen LogP contribution in [0.15, 0.2) is 44.2 Å². The van der Waals surface area contributed by atoms with E-state index in [0.29, 0.717) is 29.6 Å². The van der Waals surface area contributed by atoms with Crippen LogP contribution in [0, 0.1) is 0 Å². The van der Waals surface area contributed by atoms with E-state index < -0.39 is 5.91 Å². The Labute approximate surface area is 115 Å². The molecule has 2 aliphatic heterocycles. The van der Waals surface area contributed by atoms with Crippen molar-refractivity contribution in [2.24, 2.45) is 20.0 Å². The van der Waals surface area contributed by atoms with Gasteiger partial charge in [0.2, 0.25) is 0 Å². The van der Waals surface area contributed by atoms with Crippen LogP contribution in [0.5, 0.6) is 5.75 Å². The van der Waals surface area contributed by atoms with Gasteiger partial charge in [0.25, 0.3) is 0 Å². The fourth-order valence-electron chi connectivity index (χ4n) is 1.88. The summed E-state index contributed by atoms with van der Waals surface area (Å²) in [7, 11) is 0. The summed E-state index contributed by atoms with van der Waals surface area (Å²) in [5.41, 5.74) is 0.878. The van der Waals surface area contributed by atoms with Crippen molar-refractivity contribution in [3.63, 3.8) is 0 Å². The minimum Gasteiger partial charge on any atom is -0.493 e. The summed E-state index contributed by atoms with van der Waals surface area (Å²) < 4.78 is 5.66. The van der Waals surface area contributed by atoms with Crippen molar-refractivity contribution in [3.05, 3.63) is 29.8 Å². The Balaban J connectivity index is 2.00. The Morgan fingerprint density at radius 3 is 2.85 bits per heavy atom. The predicted molar refractivity (Wildman–Crippen MR) is 77.1 cm³/mol. The van der Waals surface area contributed by atoms with Gasteiger partial charge in [0, 0.05) is 0 Å². The molecule has 1 aromatic carbocycles. The molecule has 1 aromatic rings. The van der Waals surface area contributed by atoms with E-state index in [1.807, 2.05) is 31.2 Å². The number of carbonyl (C=O) groups is 1. The molecule has 2 aliphatic rings. The number of amides is 1. The number of fused-ring (bicyclic) bond motifs is 1. The average Bonchev–Trinajstić information content (AvgIpc) is 2.94. The number of nitrogens with zero attached hydrogens (tertiary/aromatic N) is 4. The van der Waals surface area contributed by atoms with Crippen molar-refractivity contribution in [1.29, 1.82) is 0 Å². The molecule has 6 heteroatoms. The smallest absolute Gasteiger partial charge is 0.301 e. The van der Waals surface area contributed by atoms with Crippen LogP contribution in [0.4, 0.5) is 0 Å². The zero-order valence-electron chi connectivity index (χ0n) is 10.9. The number of para-hydroxylation sites is 1. The molecule has 0 saturated heterocycles. The zero-order chi connectivity index (χ0) is 13.9. The second kappa shape index (κ2) is 5.16. The van der Waals surface area contributed by atoms with Crippen molar-refractivity contribution in [2.45, 2.75) is 13.3 Å². The van der Waals surface area contributed by atoms with Crippen molar-refractivity contribution in [1.82, 2.24) is 0 Å². The van der Waals surface area contributed by atoms with Crippen LogP contribution in [-0.2, 0) is 4.79 Å². The molecule has 0 fully saturated rings. The van der Waals surface area contributed by atoms with Gasteiger partial charge in [0.15, 0.2) is 17.4 Å². The third-order valence-corrected chi connectivity index (χ3v) is 2.79. The normalized spacial score (nSPS) is 16.4. The monoisotopic (exact) mass is 268 g/mol. The molecule has 0 atom stereocenters. The van der Waals surface area contributed by atoms with E-state index in [1.54, 1.807) is 0 Å². The van der Waals surface area contributed by atoms with Gasteiger partial charge in [-0.25, -0.2) is 15.0 Å². The lowest BCUT2D eigenvalue weighted by Gasteiger charge is -2.12. The summed E-state index contributed by atoms with van der Waals surface area (Å²) >= 11 is 0. The van der Waals surface area contributed by atoms with Crippen molar-refractivity contribution < 1.29 is 9.53 Å². The van der Waals surface area contributed by atoms with Gasteiger partial charge in [0.1, 0.15) is 12.1 Å². The molecule has 0 saturated carbocycles. The molecule has 2 heterocycles. The quantitative estimate of drug-likeness (QED) is 0.832. The van der Waals surface area contributed by atoms with Gasteiger partial charge in [-0.3, -0.25) is 4.79 Å². The number of aliphatic imine (C=N–C) groups is 4. The average molecular weight is 268 g/mol. The number of rotatable bonds is 4. The fourth-order valence-corrected chi connectivity index (χ4v) is 1.88. The number of amidine groups is 2. The maximum Gasteiger partial charge on any atom is 0.301 e. The van der Waals surface area contributed by atoms with Gasteiger partial charge >= 0.3 is 5.91 Å². The van der Waals surface area contributed by atoms with E-state index in [-0.39, 0.29) is 5.71 Å². The number of hydrogen-bond acceptors (Lipinski definition) is 5. The van der Waals surface area contributed by atoms with Gasteiger partial charge in [-0.1, -0.05) is 19.1 Å². The Bertz CT molecular complexity index is 686. The first kappa shape index (κ1) is 12.4. The number of carbonyl (C=O) groups excluding carboxylic acids is 1. The molecular weight excluding hydrogens is 256 g/mol. The zero-order valence-corrected chi connectivity index (χ0v) is 10.9. The second-order valence-electron chi connectivity index (χ2n) is 4.24. The summed E-state index contributed by atoms with van der Waals surface area (Å²) in [5, 5.41) is 0. The number of hydrogen-bond donors (Lipinski definition) is 0. The number of ether oxygens (including phenoxy) is 1. The standard InChI is InChI=1S/C14H12N4O2/c1-2-7-20-10-6-4-3-5-9(10)12-17-13-11(14(19)18-12)15-8-16-13/h3-6,8H,2,7H2,1H3. The molecule has 0 aromatic heterocycles. The lowest BCUT2D eigenvalue weighted by atomic mass is 10.1. The molecule has 100 valence electrons.